The lowest BCUT2D eigenvalue weighted by molar-refractivity contribution is 0.525. The molecule has 13 heavy (non-hydrogen) atoms. The molecule has 2 heterocycles. The summed E-state index contributed by atoms with van der Waals surface area (Å²) in [7, 11) is 0. The quantitative estimate of drug-likeness (QED) is 0.602. The van der Waals surface area contributed by atoms with Gasteiger partial charge in [0.25, 0.3) is 0 Å². The number of nitrogens with zero attached hydrogens (tertiary/aromatic N) is 2. The number of halogens is 1. The smallest absolute Gasteiger partial charge is 0.133 e. The second-order valence-corrected chi connectivity index (χ2v) is 3.71. The van der Waals surface area contributed by atoms with E-state index in [0.29, 0.717) is 0 Å². The van der Waals surface area contributed by atoms with E-state index in [1.807, 2.05) is 6.07 Å². The molecule has 0 spiro atoms. The maximum atomic E-state index is 5.34. The number of furan rings is 1. The zero-order valence-electron chi connectivity index (χ0n) is 6.62. The van der Waals surface area contributed by atoms with E-state index in [9.17, 15) is 0 Å². The third kappa shape index (κ3) is 0.891. The van der Waals surface area contributed by atoms with Crippen LogP contribution in [-0.2, 0) is 6.42 Å². The third-order valence-electron chi connectivity index (χ3n) is 2.28. The summed E-state index contributed by atoms with van der Waals surface area (Å²) in [6.45, 7) is 0. The number of hydrogen-bond donors (Lipinski definition) is 0. The highest BCUT2D eigenvalue weighted by Gasteiger charge is 2.23. The van der Waals surface area contributed by atoms with E-state index in [-0.39, 0.29) is 0 Å². The molecule has 1 aliphatic carbocycles. The highest BCUT2D eigenvalue weighted by molar-refractivity contribution is 9.10. The monoisotopic (exact) mass is 236 g/mol. The van der Waals surface area contributed by atoms with Crippen molar-refractivity contribution in [2.45, 2.75) is 6.42 Å². The van der Waals surface area contributed by atoms with Crippen LogP contribution in [0.25, 0.3) is 11.1 Å². The van der Waals surface area contributed by atoms with Gasteiger partial charge in [-0.1, -0.05) is 0 Å². The Hall–Kier alpha value is -1.16. The van der Waals surface area contributed by atoms with Gasteiger partial charge in [0.15, 0.2) is 0 Å². The van der Waals surface area contributed by atoms with E-state index in [1.165, 1.54) is 5.56 Å². The Balaban J connectivity index is 2.34. The van der Waals surface area contributed by atoms with Crippen LogP contribution in [0.2, 0.25) is 0 Å². The minimum atomic E-state index is 0.813. The highest BCUT2D eigenvalue weighted by atomic mass is 79.9. The summed E-state index contributed by atoms with van der Waals surface area (Å²) >= 11 is 3.38. The van der Waals surface area contributed by atoms with Crippen LogP contribution in [0.3, 0.4) is 0 Å². The molecule has 0 N–H and O–H groups in total. The van der Waals surface area contributed by atoms with Crippen LogP contribution >= 0.6 is 15.9 Å². The van der Waals surface area contributed by atoms with Crippen LogP contribution in [0, 0.1) is 0 Å². The van der Waals surface area contributed by atoms with Crippen LogP contribution < -0.4 is 0 Å². The van der Waals surface area contributed by atoms with Crippen molar-refractivity contribution in [1.29, 1.82) is 0 Å². The maximum Gasteiger partial charge on any atom is 0.133 e. The molecule has 0 fully saturated rings. The molecule has 0 amide bonds. The molecule has 0 unspecified atom stereocenters. The van der Waals surface area contributed by atoms with Gasteiger partial charge < -0.3 is 4.42 Å². The first-order valence-electron chi connectivity index (χ1n) is 3.93. The van der Waals surface area contributed by atoms with Gasteiger partial charge in [0.05, 0.1) is 12.5 Å². The average molecular weight is 237 g/mol. The molecule has 0 saturated heterocycles. The van der Waals surface area contributed by atoms with E-state index in [2.05, 4.69) is 26.1 Å². The Bertz CT molecular complexity index is 478. The Labute approximate surface area is 82.9 Å². The number of aromatic nitrogens is 2. The van der Waals surface area contributed by atoms with Crippen molar-refractivity contribution in [3.8, 4) is 11.1 Å². The molecule has 1 aliphatic rings. The summed E-state index contributed by atoms with van der Waals surface area (Å²) in [5.74, 6) is 1.01. The van der Waals surface area contributed by atoms with Gasteiger partial charge in [0, 0.05) is 23.1 Å². The van der Waals surface area contributed by atoms with E-state index in [1.54, 1.807) is 12.5 Å². The molecule has 0 atom stereocenters. The fourth-order valence-corrected chi connectivity index (χ4v) is 2.11. The first-order valence-corrected chi connectivity index (χ1v) is 4.72. The van der Waals surface area contributed by atoms with Crippen molar-refractivity contribution >= 4 is 15.9 Å². The zero-order valence-corrected chi connectivity index (χ0v) is 8.21. The predicted octanol–water partition coefficient (Wildman–Crippen LogP) is 2.40. The van der Waals surface area contributed by atoms with Crippen molar-refractivity contribution in [3.05, 3.63) is 34.5 Å². The van der Waals surface area contributed by atoms with Gasteiger partial charge in [-0.2, -0.15) is 5.10 Å². The molecule has 64 valence electrons. The summed E-state index contributed by atoms with van der Waals surface area (Å²) < 4.78 is 6.15. The lowest BCUT2D eigenvalue weighted by Gasteiger charge is -1.97. The van der Waals surface area contributed by atoms with E-state index >= 15 is 0 Å². The Morgan fingerprint density at radius 1 is 1.38 bits per heavy atom. The zero-order chi connectivity index (χ0) is 8.84. The molecular formula is C9H5BrN2O. The second kappa shape index (κ2) is 2.42. The van der Waals surface area contributed by atoms with Crippen molar-refractivity contribution in [3.63, 3.8) is 0 Å². The average Bonchev–Trinajstić information content (AvgIpc) is 2.65. The van der Waals surface area contributed by atoms with Gasteiger partial charge >= 0.3 is 0 Å². The number of hydrogen-bond acceptors (Lipinski definition) is 3. The van der Waals surface area contributed by atoms with Crippen molar-refractivity contribution in [2.75, 3.05) is 0 Å². The summed E-state index contributed by atoms with van der Waals surface area (Å²) in [4.78, 5) is 0. The first-order chi connectivity index (χ1) is 6.36. The summed E-state index contributed by atoms with van der Waals surface area (Å²) in [5.41, 5.74) is 3.44. The molecule has 0 radical (unpaired) electrons. The van der Waals surface area contributed by atoms with Gasteiger partial charge in [0.2, 0.25) is 0 Å². The fraction of sp³-hybridized carbons (Fsp3) is 0.111. The molecule has 3 nitrogen and oxygen atoms in total. The largest absolute Gasteiger partial charge is 0.468 e. The minimum absolute atomic E-state index is 0.813. The second-order valence-electron chi connectivity index (χ2n) is 2.96. The molecule has 0 saturated carbocycles. The molecule has 2 aromatic heterocycles. The predicted molar refractivity (Wildman–Crippen MR) is 50.2 cm³/mol. The van der Waals surface area contributed by atoms with Gasteiger partial charge in [-0.05, 0) is 22.0 Å². The van der Waals surface area contributed by atoms with E-state index < -0.39 is 0 Å². The molecule has 3 rings (SSSR count). The Morgan fingerprint density at radius 3 is 3.23 bits per heavy atom. The van der Waals surface area contributed by atoms with Crippen LogP contribution in [0.5, 0.6) is 0 Å². The lowest BCUT2D eigenvalue weighted by Crippen LogP contribution is -1.89. The maximum absolute atomic E-state index is 5.34. The molecule has 4 heteroatoms. The van der Waals surface area contributed by atoms with E-state index in [0.717, 1.165) is 27.9 Å². The van der Waals surface area contributed by atoms with Gasteiger partial charge in [0.1, 0.15) is 10.4 Å². The topological polar surface area (TPSA) is 38.9 Å². The molecular weight excluding hydrogens is 232 g/mol. The number of fused-ring (bicyclic) bond motifs is 3. The summed E-state index contributed by atoms with van der Waals surface area (Å²) in [6, 6.07) is 1.97. The molecule has 0 bridgehead atoms. The van der Waals surface area contributed by atoms with Crippen molar-refractivity contribution in [2.24, 2.45) is 0 Å². The minimum Gasteiger partial charge on any atom is -0.468 e. The van der Waals surface area contributed by atoms with Gasteiger partial charge in [-0.25, -0.2) is 0 Å². The SMILES string of the molecule is Brc1nncc2c1Cc1occc1-2. The van der Waals surface area contributed by atoms with Crippen molar-refractivity contribution in [1.82, 2.24) is 10.2 Å². The summed E-state index contributed by atoms with van der Waals surface area (Å²) in [6.07, 6.45) is 4.30. The molecule has 0 aliphatic heterocycles. The Morgan fingerprint density at radius 2 is 2.31 bits per heavy atom. The van der Waals surface area contributed by atoms with Crippen LogP contribution in [0.1, 0.15) is 11.3 Å². The normalized spacial score (nSPS) is 12.7. The number of rotatable bonds is 0. The van der Waals surface area contributed by atoms with Crippen LogP contribution in [0.15, 0.2) is 27.5 Å². The van der Waals surface area contributed by atoms with Crippen LogP contribution in [-0.4, -0.2) is 10.2 Å². The highest BCUT2D eigenvalue weighted by Crippen LogP contribution is 2.38. The summed E-state index contributed by atoms with van der Waals surface area (Å²) in [5, 5.41) is 7.83. The fourth-order valence-electron chi connectivity index (χ4n) is 1.67. The van der Waals surface area contributed by atoms with Gasteiger partial charge in [-0.3, -0.25) is 0 Å². The molecule has 2 aromatic rings. The standard InChI is InChI=1S/C9H5BrN2O/c10-9-6-3-8-5(1-2-13-8)7(6)4-11-12-9/h1-2,4H,3H2. The van der Waals surface area contributed by atoms with Crippen molar-refractivity contribution < 1.29 is 4.42 Å². The lowest BCUT2D eigenvalue weighted by atomic mass is 10.2. The van der Waals surface area contributed by atoms with Gasteiger partial charge in [-0.15, -0.1) is 5.10 Å². The molecule has 0 aromatic carbocycles. The Kier molecular flexibility index (Phi) is 1.35. The van der Waals surface area contributed by atoms with Crippen LogP contribution in [0.4, 0.5) is 0 Å². The third-order valence-corrected chi connectivity index (χ3v) is 2.92. The van der Waals surface area contributed by atoms with E-state index in [4.69, 9.17) is 4.42 Å². The first kappa shape index (κ1) is 7.26.